The van der Waals surface area contributed by atoms with Gasteiger partial charge in [0.1, 0.15) is 0 Å². The molecule has 5 heteroatoms. The Morgan fingerprint density at radius 3 is 2.39 bits per heavy atom. The van der Waals surface area contributed by atoms with Crippen molar-refractivity contribution in [2.75, 3.05) is 10.6 Å². The second kappa shape index (κ2) is 5.18. The molecule has 1 aromatic carbocycles. The van der Waals surface area contributed by atoms with E-state index in [1.165, 1.54) is 11.1 Å². The Labute approximate surface area is 112 Å². The minimum Gasteiger partial charge on any atom is -0.332 e. The lowest BCUT2D eigenvalue weighted by molar-refractivity contribution is 0.772. The third kappa shape index (κ3) is 3.30. The number of anilines is 2. The maximum atomic E-state index is 5.24. The van der Waals surface area contributed by atoms with Crippen molar-refractivity contribution in [3.8, 4) is 0 Å². The topological polar surface area (TPSA) is 41.9 Å². The van der Waals surface area contributed by atoms with Crippen LogP contribution in [0.25, 0.3) is 0 Å². The lowest BCUT2D eigenvalue weighted by atomic mass is 10.1. The van der Waals surface area contributed by atoms with Gasteiger partial charge in [-0.05, 0) is 49.3 Å². The monoisotopic (exact) mass is 260 g/mol. The molecule has 0 aliphatic heterocycles. The van der Waals surface area contributed by atoms with Gasteiger partial charge in [0.15, 0.2) is 10.9 Å². The number of rotatable bonds is 2. The quantitative estimate of drug-likeness (QED) is 0.815. The van der Waals surface area contributed by atoms with Crippen molar-refractivity contribution in [2.45, 2.75) is 13.8 Å². The zero-order valence-corrected chi connectivity index (χ0v) is 11.5. The average Bonchev–Trinajstić information content (AvgIpc) is 2.61. The summed E-state index contributed by atoms with van der Waals surface area (Å²) in [4.78, 5) is 0. The number of hydrogen-bond acceptors (Lipinski definition) is 2. The predicted molar refractivity (Wildman–Crippen MR) is 79.0 cm³/mol. The summed E-state index contributed by atoms with van der Waals surface area (Å²) in [6, 6.07) is 8.11. The van der Waals surface area contributed by atoms with Crippen molar-refractivity contribution >= 4 is 28.8 Å². The third-order valence-corrected chi connectivity index (χ3v) is 2.64. The Balaban J connectivity index is 2.02. The van der Waals surface area contributed by atoms with Crippen LogP contribution in [0.1, 0.15) is 11.1 Å². The molecule has 0 radical (unpaired) electrons. The van der Waals surface area contributed by atoms with Crippen LogP contribution in [0.4, 0.5) is 11.5 Å². The SMILES string of the molecule is Cc1cc(C)cc(NC(=S)Nc2ccn(C)n2)c1. The van der Waals surface area contributed by atoms with Crippen LogP contribution in [0, 0.1) is 13.8 Å². The van der Waals surface area contributed by atoms with E-state index in [0.717, 1.165) is 11.5 Å². The molecule has 2 rings (SSSR count). The van der Waals surface area contributed by atoms with Crippen LogP contribution >= 0.6 is 12.2 Å². The summed E-state index contributed by atoms with van der Waals surface area (Å²) in [6.45, 7) is 4.13. The summed E-state index contributed by atoms with van der Waals surface area (Å²) >= 11 is 5.24. The zero-order valence-electron chi connectivity index (χ0n) is 10.7. The van der Waals surface area contributed by atoms with Gasteiger partial charge in [-0.25, -0.2) is 0 Å². The van der Waals surface area contributed by atoms with Gasteiger partial charge in [0, 0.05) is 25.0 Å². The molecule has 2 N–H and O–H groups in total. The van der Waals surface area contributed by atoms with Gasteiger partial charge >= 0.3 is 0 Å². The van der Waals surface area contributed by atoms with Gasteiger partial charge < -0.3 is 10.6 Å². The van der Waals surface area contributed by atoms with Crippen LogP contribution in [0.3, 0.4) is 0 Å². The summed E-state index contributed by atoms with van der Waals surface area (Å²) in [5.41, 5.74) is 3.40. The van der Waals surface area contributed by atoms with E-state index < -0.39 is 0 Å². The number of nitrogens with one attached hydrogen (secondary N) is 2. The van der Waals surface area contributed by atoms with Crippen molar-refractivity contribution in [1.29, 1.82) is 0 Å². The van der Waals surface area contributed by atoms with Crippen LogP contribution in [0.5, 0.6) is 0 Å². The highest BCUT2D eigenvalue weighted by molar-refractivity contribution is 7.80. The first kappa shape index (κ1) is 12.6. The summed E-state index contributed by atoms with van der Waals surface area (Å²) in [5, 5.41) is 10.9. The van der Waals surface area contributed by atoms with Crippen molar-refractivity contribution in [2.24, 2.45) is 7.05 Å². The molecule has 0 amide bonds. The Morgan fingerprint density at radius 2 is 1.83 bits per heavy atom. The molecule has 0 saturated carbocycles. The molecule has 1 heterocycles. The normalized spacial score (nSPS) is 10.2. The van der Waals surface area contributed by atoms with E-state index in [2.05, 4.69) is 47.8 Å². The Kier molecular flexibility index (Phi) is 3.62. The van der Waals surface area contributed by atoms with E-state index in [4.69, 9.17) is 12.2 Å². The molecular weight excluding hydrogens is 244 g/mol. The van der Waals surface area contributed by atoms with Crippen LogP contribution in [0.2, 0.25) is 0 Å². The number of aromatic nitrogens is 2. The van der Waals surface area contributed by atoms with E-state index in [-0.39, 0.29) is 0 Å². The lowest BCUT2D eigenvalue weighted by Crippen LogP contribution is -2.19. The van der Waals surface area contributed by atoms with Crippen LogP contribution < -0.4 is 10.6 Å². The fraction of sp³-hybridized carbons (Fsp3) is 0.231. The van der Waals surface area contributed by atoms with Gasteiger partial charge in [0.2, 0.25) is 0 Å². The second-order valence-corrected chi connectivity index (χ2v) is 4.74. The second-order valence-electron chi connectivity index (χ2n) is 4.33. The minimum atomic E-state index is 0.540. The van der Waals surface area contributed by atoms with Gasteiger partial charge in [-0.3, -0.25) is 4.68 Å². The molecule has 0 atom stereocenters. The van der Waals surface area contributed by atoms with Crippen LogP contribution in [-0.4, -0.2) is 14.9 Å². The van der Waals surface area contributed by atoms with E-state index in [9.17, 15) is 0 Å². The molecule has 2 aromatic rings. The Morgan fingerprint density at radius 1 is 1.17 bits per heavy atom. The smallest absolute Gasteiger partial charge is 0.176 e. The molecule has 1 aromatic heterocycles. The number of thiocarbonyl (C=S) groups is 1. The number of nitrogens with zero attached hydrogens (tertiary/aromatic N) is 2. The first-order chi connectivity index (χ1) is 8.52. The van der Waals surface area contributed by atoms with Gasteiger partial charge in [-0.1, -0.05) is 6.07 Å². The predicted octanol–water partition coefficient (Wildman–Crippen LogP) is 2.85. The summed E-state index contributed by atoms with van der Waals surface area (Å²) in [7, 11) is 1.87. The molecule has 0 aliphatic carbocycles. The fourth-order valence-corrected chi connectivity index (χ4v) is 2.03. The van der Waals surface area contributed by atoms with E-state index in [0.29, 0.717) is 5.11 Å². The molecule has 94 valence electrons. The molecule has 0 bridgehead atoms. The standard InChI is InChI=1S/C13H16N4S/c1-9-6-10(2)8-11(7-9)14-13(18)15-12-4-5-17(3)16-12/h4-8H,1-3H3,(H2,14,15,16,18). The highest BCUT2D eigenvalue weighted by Gasteiger charge is 2.02. The number of benzene rings is 1. The maximum Gasteiger partial charge on any atom is 0.176 e. The molecular formula is C13H16N4S. The van der Waals surface area contributed by atoms with Crippen LogP contribution in [0.15, 0.2) is 30.5 Å². The van der Waals surface area contributed by atoms with Gasteiger partial charge in [0.05, 0.1) is 0 Å². The molecule has 0 saturated heterocycles. The summed E-state index contributed by atoms with van der Waals surface area (Å²) < 4.78 is 1.72. The molecule has 4 nitrogen and oxygen atoms in total. The zero-order chi connectivity index (χ0) is 13.1. The molecule has 0 spiro atoms. The van der Waals surface area contributed by atoms with E-state index in [1.807, 2.05) is 19.3 Å². The molecule has 0 fully saturated rings. The minimum absolute atomic E-state index is 0.540. The van der Waals surface area contributed by atoms with Crippen LogP contribution in [-0.2, 0) is 7.05 Å². The highest BCUT2D eigenvalue weighted by atomic mass is 32.1. The van der Waals surface area contributed by atoms with Crippen molar-refractivity contribution in [3.05, 3.63) is 41.6 Å². The van der Waals surface area contributed by atoms with Crippen molar-refractivity contribution in [3.63, 3.8) is 0 Å². The van der Waals surface area contributed by atoms with Gasteiger partial charge in [-0.2, -0.15) is 5.10 Å². The molecule has 0 unspecified atom stereocenters. The van der Waals surface area contributed by atoms with Crippen molar-refractivity contribution in [1.82, 2.24) is 9.78 Å². The molecule has 0 aliphatic rings. The fourth-order valence-electron chi connectivity index (χ4n) is 1.81. The van der Waals surface area contributed by atoms with E-state index in [1.54, 1.807) is 4.68 Å². The summed E-state index contributed by atoms with van der Waals surface area (Å²) in [5.74, 6) is 0.736. The number of aryl methyl sites for hydroxylation is 3. The molecule has 18 heavy (non-hydrogen) atoms. The Hall–Kier alpha value is -1.88. The first-order valence-electron chi connectivity index (χ1n) is 5.69. The van der Waals surface area contributed by atoms with Gasteiger partial charge in [0.25, 0.3) is 0 Å². The lowest BCUT2D eigenvalue weighted by Gasteiger charge is -2.10. The summed E-state index contributed by atoms with van der Waals surface area (Å²) in [6.07, 6.45) is 1.86. The van der Waals surface area contributed by atoms with Crippen molar-refractivity contribution < 1.29 is 0 Å². The largest absolute Gasteiger partial charge is 0.332 e. The average molecular weight is 260 g/mol. The first-order valence-corrected chi connectivity index (χ1v) is 6.10. The maximum absolute atomic E-state index is 5.24. The number of hydrogen-bond donors (Lipinski definition) is 2. The van der Waals surface area contributed by atoms with E-state index >= 15 is 0 Å². The third-order valence-electron chi connectivity index (χ3n) is 2.43. The Bertz CT molecular complexity index is 554. The highest BCUT2D eigenvalue weighted by Crippen LogP contribution is 2.14. The van der Waals surface area contributed by atoms with Gasteiger partial charge in [-0.15, -0.1) is 0 Å².